The molecule has 1 aromatic rings. The van der Waals surface area contributed by atoms with E-state index in [1.807, 2.05) is 0 Å². The molecule has 1 aliphatic rings. The molecule has 1 N–H and O–H groups in total. The predicted molar refractivity (Wildman–Crippen MR) is 56.2 cm³/mol. The second kappa shape index (κ2) is 4.32. The molecule has 7 heteroatoms. The second-order valence-corrected chi connectivity index (χ2v) is 4.14. The molecular weight excluding hydrogens is 246 g/mol. The summed E-state index contributed by atoms with van der Waals surface area (Å²) in [6, 6.07) is 0.980. The first-order valence-electron chi connectivity index (χ1n) is 5.24. The van der Waals surface area contributed by atoms with E-state index >= 15 is 0 Å². The van der Waals surface area contributed by atoms with Crippen LogP contribution in [0.2, 0.25) is 0 Å². The summed E-state index contributed by atoms with van der Waals surface area (Å²) < 4.78 is 26.7. The van der Waals surface area contributed by atoms with Gasteiger partial charge in [-0.3, -0.25) is 9.78 Å². The van der Waals surface area contributed by atoms with Crippen LogP contribution in [0.1, 0.15) is 16.8 Å². The van der Waals surface area contributed by atoms with Crippen molar-refractivity contribution in [1.82, 2.24) is 9.88 Å². The Morgan fingerprint density at radius 2 is 2.17 bits per heavy atom. The minimum Gasteiger partial charge on any atom is -0.479 e. The Bertz CT molecular complexity index is 509. The van der Waals surface area contributed by atoms with E-state index in [0.29, 0.717) is 0 Å². The molecule has 0 aromatic carbocycles. The Kier molecular flexibility index (Phi) is 2.98. The molecule has 0 aliphatic carbocycles. The topological polar surface area (TPSA) is 70.5 Å². The van der Waals surface area contributed by atoms with Crippen LogP contribution in [0.15, 0.2) is 18.5 Å². The van der Waals surface area contributed by atoms with Crippen molar-refractivity contribution in [2.75, 3.05) is 13.1 Å². The number of carboxylic acids is 1. The molecule has 1 aromatic heterocycles. The first-order valence-corrected chi connectivity index (χ1v) is 5.24. The summed E-state index contributed by atoms with van der Waals surface area (Å²) in [5.74, 6) is -2.89. The van der Waals surface area contributed by atoms with Crippen molar-refractivity contribution < 1.29 is 23.5 Å². The van der Waals surface area contributed by atoms with Crippen LogP contribution in [0.4, 0.5) is 8.78 Å². The third-order valence-corrected chi connectivity index (χ3v) is 2.84. The van der Waals surface area contributed by atoms with E-state index in [1.165, 1.54) is 0 Å². The minimum absolute atomic E-state index is 0.0157. The lowest BCUT2D eigenvalue weighted by atomic mass is 10.1. The molecular formula is C11H10F2N2O3. The Labute approximate surface area is 101 Å². The van der Waals surface area contributed by atoms with Crippen molar-refractivity contribution >= 4 is 11.9 Å². The average molecular weight is 256 g/mol. The number of halogens is 2. The minimum atomic E-state index is -2.42. The number of amides is 1. The molecule has 0 bridgehead atoms. The number of carboxylic acid groups (broad SMARTS) is 1. The molecule has 96 valence electrons. The molecule has 0 radical (unpaired) electrons. The average Bonchev–Trinajstić information content (AvgIpc) is 2.72. The fraction of sp³-hybridized carbons (Fsp3) is 0.364. The maximum absolute atomic E-state index is 13.8. The van der Waals surface area contributed by atoms with Crippen LogP contribution >= 0.6 is 0 Å². The zero-order valence-electron chi connectivity index (χ0n) is 9.27. The van der Waals surface area contributed by atoms with Gasteiger partial charge in [0.2, 0.25) is 5.67 Å². The van der Waals surface area contributed by atoms with Gasteiger partial charge in [0, 0.05) is 19.2 Å². The van der Waals surface area contributed by atoms with Crippen LogP contribution in [0.3, 0.4) is 0 Å². The third kappa shape index (κ3) is 2.15. The van der Waals surface area contributed by atoms with Gasteiger partial charge >= 0.3 is 5.97 Å². The molecule has 1 atom stereocenters. The van der Waals surface area contributed by atoms with Gasteiger partial charge in [0.25, 0.3) is 5.91 Å². The molecule has 0 spiro atoms. The van der Waals surface area contributed by atoms with Crippen LogP contribution < -0.4 is 0 Å². The van der Waals surface area contributed by atoms with Crippen molar-refractivity contribution in [2.45, 2.75) is 12.1 Å². The van der Waals surface area contributed by atoms with Crippen molar-refractivity contribution in [2.24, 2.45) is 0 Å². The molecule has 1 saturated heterocycles. The summed E-state index contributed by atoms with van der Waals surface area (Å²) in [5.41, 5.74) is -2.44. The van der Waals surface area contributed by atoms with Gasteiger partial charge < -0.3 is 10.0 Å². The SMILES string of the molecule is O=C(c1cncc(F)c1)N1CCC(F)(C(=O)O)C1. The van der Waals surface area contributed by atoms with Crippen LogP contribution in [0.5, 0.6) is 0 Å². The van der Waals surface area contributed by atoms with E-state index in [-0.39, 0.29) is 18.5 Å². The van der Waals surface area contributed by atoms with Crippen LogP contribution in [0, 0.1) is 5.82 Å². The summed E-state index contributed by atoms with van der Waals surface area (Å²) in [6.45, 7) is -0.546. The van der Waals surface area contributed by atoms with E-state index in [4.69, 9.17) is 5.11 Å². The zero-order valence-corrected chi connectivity index (χ0v) is 9.27. The van der Waals surface area contributed by atoms with Crippen LogP contribution in [0.25, 0.3) is 0 Å². The van der Waals surface area contributed by atoms with E-state index in [1.54, 1.807) is 0 Å². The lowest BCUT2D eigenvalue weighted by Crippen LogP contribution is -2.38. The quantitative estimate of drug-likeness (QED) is 0.852. The Hall–Kier alpha value is -2.05. The largest absolute Gasteiger partial charge is 0.479 e. The number of hydrogen-bond donors (Lipinski definition) is 1. The monoisotopic (exact) mass is 256 g/mol. The lowest BCUT2D eigenvalue weighted by molar-refractivity contribution is -0.149. The molecule has 2 heterocycles. The van der Waals surface area contributed by atoms with Crippen LogP contribution in [-0.4, -0.2) is 45.6 Å². The highest BCUT2D eigenvalue weighted by Gasteiger charge is 2.47. The molecule has 2 rings (SSSR count). The molecule has 1 fully saturated rings. The second-order valence-electron chi connectivity index (χ2n) is 4.14. The van der Waals surface area contributed by atoms with Gasteiger partial charge in [-0.2, -0.15) is 0 Å². The van der Waals surface area contributed by atoms with Gasteiger partial charge in [-0.05, 0) is 6.07 Å². The summed E-state index contributed by atoms with van der Waals surface area (Å²) in [7, 11) is 0. The highest BCUT2D eigenvalue weighted by atomic mass is 19.1. The third-order valence-electron chi connectivity index (χ3n) is 2.84. The number of hydrogen-bond acceptors (Lipinski definition) is 3. The van der Waals surface area contributed by atoms with Crippen LogP contribution in [-0.2, 0) is 4.79 Å². The summed E-state index contributed by atoms with van der Waals surface area (Å²) in [5, 5.41) is 8.70. The summed E-state index contributed by atoms with van der Waals surface area (Å²) >= 11 is 0. The number of carbonyl (C=O) groups is 2. The first kappa shape index (κ1) is 12.4. The highest BCUT2D eigenvalue weighted by Crippen LogP contribution is 2.27. The number of likely N-dealkylation sites (tertiary alicyclic amines) is 1. The number of alkyl halides is 1. The van der Waals surface area contributed by atoms with Gasteiger partial charge in [0.05, 0.1) is 18.3 Å². The summed E-state index contributed by atoms with van der Waals surface area (Å²) in [6.07, 6.45) is 1.83. The molecule has 1 unspecified atom stereocenters. The number of aromatic nitrogens is 1. The fourth-order valence-corrected chi connectivity index (χ4v) is 1.83. The van der Waals surface area contributed by atoms with Crippen molar-refractivity contribution in [3.63, 3.8) is 0 Å². The lowest BCUT2D eigenvalue weighted by Gasteiger charge is -2.17. The maximum Gasteiger partial charge on any atom is 0.343 e. The van der Waals surface area contributed by atoms with Gasteiger partial charge in [-0.15, -0.1) is 0 Å². The van der Waals surface area contributed by atoms with Gasteiger partial charge in [0.15, 0.2) is 0 Å². The number of pyridine rings is 1. The predicted octanol–water partition coefficient (Wildman–Crippen LogP) is 0.860. The normalized spacial score (nSPS) is 23.1. The molecule has 5 nitrogen and oxygen atoms in total. The molecule has 1 amide bonds. The first-order chi connectivity index (χ1) is 8.42. The van der Waals surface area contributed by atoms with Crippen molar-refractivity contribution in [3.05, 3.63) is 29.8 Å². The number of nitrogens with zero attached hydrogens (tertiary/aromatic N) is 2. The van der Waals surface area contributed by atoms with Gasteiger partial charge in [-0.1, -0.05) is 0 Å². The smallest absolute Gasteiger partial charge is 0.343 e. The Balaban J connectivity index is 2.15. The Morgan fingerprint density at radius 3 is 2.72 bits per heavy atom. The number of carbonyl (C=O) groups excluding carboxylic acids is 1. The summed E-state index contributed by atoms with van der Waals surface area (Å²) in [4.78, 5) is 27.1. The molecule has 18 heavy (non-hydrogen) atoms. The van der Waals surface area contributed by atoms with Crippen molar-refractivity contribution in [3.8, 4) is 0 Å². The standard InChI is InChI=1S/C11H10F2N2O3/c12-8-3-7(4-14-5-8)9(16)15-2-1-11(13,6-15)10(17)18/h3-5H,1-2,6H2,(H,17,18). The van der Waals surface area contributed by atoms with E-state index in [9.17, 15) is 18.4 Å². The number of rotatable bonds is 2. The zero-order chi connectivity index (χ0) is 13.3. The maximum atomic E-state index is 13.8. The van der Waals surface area contributed by atoms with E-state index in [0.717, 1.165) is 23.4 Å². The van der Waals surface area contributed by atoms with E-state index < -0.39 is 29.9 Å². The van der Waals surface area contributed by atoms with E-state index in [2.05, 4.69) is 4.98 Å². The number of aliphatic carboxylic acids is 1. The fourth-order valence-electron chi connectivity index (χ4n) is 1.83. The molecule has 0 saturated carbocycles. The van der Waals surface area contributed by atoms with Gasteiger partial charge in [-0.25, -0.2) is 13.6 Å². The van der Waals surface area contributed by atoms with Crippen molar-refractivity contribution in [1.29, 1.82) is 0 Å². The highest BCUT2D eigenvalue weighted by molar-refractivity contribution is 5.95. The molecule has 1 aliphatic heterocycles. The van der Waals surface area contributed by atoms with Gasteiger partial charge in [0.1, 0.15) is 5.82 Å². The Morgan fingerprint density at radius 1 is 1.44 bits per heavy atom.